The zero-order valence-corrected chi connectivity index (χ0v) is 14.0. The summed E-state index contributed by atoms with van der Waals surface area (Å²) in [6.45, 7) is 1.13. The molecule has 128 valence electrons. The number of rotatable bonds is 5. The Morgan fingerprint density at radius 2 is 1.76 bits per heavy atom. The number of guanidine groups is 1. The number of aromatic nitrogens is 2. The molecular weight excluding hydrogens is 317 g/mol. The van der Waals surface area contributed by atoms with Crippen LogP contribution in [-0.4, -0.2) is 22.8 Å². The molecule has 3 rings (SSSR count). The van der Waals surface area contributed by atoms with Gasteiger partial charge in [-0.1, -0.05) is 24.3 Å². The third kappa shape index (κ3) is 4.67. The first-order valence-electron chi connectivity index (χ1n) is 8.02. The summed E-state index contributed by atoms with van der Waals surface area (Å²) in [5.74, 6) is 0.423. The largest absolute Gasteiger partial charge is 0.352 e. The Bertz CT molecular complexity index is 843. The van der Waals surface area contributed by atoms with Gasteiger partial charge >= 0.3 is 0 Å². The monoisotopic (exact) mass is 337 g/mol. The standard InChI is InChI=1S/C19H20FN5/c1-21-19(22-13-15-5-2-7-17(20)11-15)23-14-16-6-3-8-18(12-16)25-10-4-9-24-25/h2-12H,13-14H2,1H3,(H2,21,22,23). The van der Waals surface area contributed by atoms with E-state index < -0.39 is 0 Å². The molecule has 0 aliphatic carbocycles. The van der Waals surface area contributed by atoms with Crippen LogP contribution in [0.25, 0.3) is 5.69 Å². The van der Waals surface area contributed by atoms with Crippen LogP contribution >= 0.6 is 0 Å². The highest BCUT2D eigenvalue weighted by molar-refractivity contribution is 5.79. The molecule has 1 aromatic heterocycles. The average Bonchev–Trinajstić information content (AvgIpc) is 3.17. The minimum Gasteiger partial charge on any atom is -0.352 e. The maximum Gasteiger partial charge on any atom is 0.191 e. The van der Waals surface area contributed by atoms with Crippen LogP contribution < -0.4 is 10.6 Å². The smallest absolute Gasteiger partial charge is 0.191 e. The molecule has 0 aliphatic rings. The molecule has 0 aliphatic heterocycles. The predicted molar refractivity (Wildman–Crippen MR) is 97.0 cm³/mol. The lowest BCUT2D eigenvalue weighted by Gasteiger charge is -2.13. The lowest BCUT2D eigenvalue weighted by atomic mass is 10.2. The van der Waals surface area contributed by atoms with E-state index in [9.17, 15) is 4.39 Å². The Balaban J connectivity index is 1.57. The van der Waals surface area contributed by atoms with Crippen molar-refractivity contribution in [1.29, 1.82) is 0 Å². The van der Waals surface area contributed by atoms with E-state index in [-0.39, 0.29) is 5.82 Å². The van der Waals surface area contributed by atoms with Crippen molar-refractivity contribution < 1.29 is 4.39 Å². The second-order valence-electron chi connectivity index (χ2n) is 5.53. The molecule has 0 amide bonds. The highest BCUT2D eigenvalue weighted by Gasteiger charge is 2.02. The van der Waals surface area contributed by atoms with Gasteiger partial charge in [-0.2, -0.15) is 5.10 Å². The molecule has 1 heterocycles. The van der Waals surface area contributed by atoms with E-state index in [1.807, 2.05) is 41.2 Å². The molecule has 25 heavy (non-hydrogen) atoms. The van der Waals surface area contributed by atoms with Gasteiger partial charge in [-0.3, -0.25) is 4.99 Å². The zero-order valence-electron chi connectivity index (χ0n) is 14.0. The van der Waals surface area contributed by atoms with E-state index in [0.29, 0.717) is 19.0 Å². The van der Waals surface area contributed by atoms with Gasteiger partial charge in [0.25, 0.3) is 0 Å². The van der Waals surface area contributed by atoms with Crippen LogP contribution in [0.15, 0.2) is 72.0 Å². The summed E-state index contributed by atoms with van der Waals surface area (Å²) in [5.41, 5.74) is 2.98. The van der Waals surface area contributed by atoms with Crippen molar-refractivity contribution in [1.82, 2.24) is 20.4 Å². The highest BCUT2D eigenvalue weighted by Crippen LogP contribution is 2.09. The lowest BCUT2D eigenvalue weighted by Crippen LogP contribution is -2.36. The number of aliphatic imine (C=N–C) groups is 1. The van der Waals surface area contributed by atoms with Crippen molar-refractivity contribution in [2.24, 2.45) is 4.99 Å². The topological polar surface area (TPSA) is 54.2 Å². The lowest BCUT2D eigenvalue weighted by molar-refractivity contribution is 0.624. The molecular formula is C19H20FN5. The van der Waals surface area contributed by atoms with Gasteiger partial charge in [-0.15, -0.1) is 0 Å². The summed E-state index contributed by atoms with van der Waals surface area (Å²) in [6, 6.07) is 16.5. The van der Waals surface area contributed by atoms with Gasteiger partial charge in [0.2, 0.25) is 0 Å². The van der Waals surface area contributed by atoms with E-state index in [2.05, 4.69) is 26.8 Å². The summed E-state index contributed by atoms with van der Waals surface area (Å²) >= 11 is 0. The Kier molecular flexibility index (Phi) is 5.41. The van der Waals surface area contributed by atoms with Crippen molar-refractivity contribution in [3.8, 4) is 5.69 Å². The third-order valence-electron chi connectivity index (χ3n) is 3.71. The second kappa shape index (κ2) is 8.10. The SMILES string of the molecule is CN=C(NCc1cccc(F)c1)NCc1cccc(-n2cccn2)c1. The second-order valence-corrected chi connectivity index (χ2v) is 5.53. The predicted octanol–water partition coefficient (Wildman–Crippen LogP) is 2.88. The van der Waals surface area contributed by atoms with Crippen LogP contribution in [0.3, 0.4) is 0 Å². The normalized spacial score (nSPS) is 11.4. The summed E-state index contributed by atoms with van der Waals surface area (Å²) in [5, 5.41) is 10.7. The first-order valence-corrected chi connectivity index (χ1v) is 8.02. The Morgan fingerprint density at radius 1 is 1.04 bits per heavy atom. The van der Waals surface area contributed by atoms with Crippen molar-refractivity contribution >= 4 is 5.96 Å². The molecule has 0 bridgehead atoms. The van der Waals surface area contributed by atoms with E-state index in [0.717, 1.165) is 16.8 Å². The summed E-state index contributed by atoms with van der Waals surface area (Å²) < 4.78 is 15.0. The van der Waals surface area contributed by atoms with Gasteiger partial charge in [0.1, 0.15) is 5.82 Å². The number of halogens is 1. The van der Waals surface area contributed by atoms with Crippen LogP contribution in [0.1, 0.15) is 11.1 Å². The quantitative estimate of drug-likeness (QED) is 0.556. The number of nitrogens with one attached hydrogen (secondary N) is 2. The van der Waals surface area contributed by atoms with Gasteiger partial charge in [0.05, 0.1) is 5.69 Å². The van der Waals surface area contributed by atoms with Crippen LogP contribution in [0.5, 0.6) is 0 Å². The molecule has 0 unspecified atom stereocenters. The molecule has 0 saturated heterocycles. The molecule has 2 N–H and O–H groups in total. The molecule has 6 heteroatoms. The van der Waals surface area contributed by atoms with E-state index >= 15 is 0 Å². The van der Waals surface area contributed by atoms with Gasteiger partial charge in [0.15, 0.2) is 5.96 Å². The highest BCUT2D eigenvalue weighted by atomic mass is 19.1. The van der Waals surface area contributed by atoms with Crippen molar-refractivity contribution in [2.75, 3.05) is 7.05 Å². The summed E-state index contributed by atoms with van der Waals surface area (Å²) in [7, 11) is 1.71. The maximum absolute atomic E-state index is 13.2. The number of hydrogen-bond donors (Lipinski definition) is 2. The molecule has 0 atom stereocenters. The number of hydrogen-bond acceptors (Lipinski definition) is 2. The van der Waals surface area contributed by atoms with Crippen LogP contribution in [0, 0.1) is 5.82 Å². The summed E-state index contributed by atoms with van der Waals surface area (Å²) in [6.07, 6.45) is 3.66. The Morgan fingerprint density at radius 3 is 2.40 bits per heavy atom. The summed E-state index contributed by atoms with van der Waals surface area (Å²) in [4.78, 5) is 4.20. The van der Waals surface area contributed by atoms with Gasteiger partial charge in [0, 0.05) is 32.5 Å². The minimum absolute atomic E-state index is 0.238. The van der Waals surface area contributed by atoms with E-state index in [4.69, 9.17) is 0 Å². The fourth-order valence-corrected chi connectivity index (χ4v) is 2.47. The van der Waals surface area contributed by atoms with Crippen LogP contribution in [0.4, 0.5) is 4.39 Å². The number of nitrogens with zero attached hydrogens (tertiary/aromatic N) is 3. The van der Waals surface area contributed by atoms with Crippen molar-refractivity contribution in [3.05, 3.63) is 83.9 Å². The van der Waals surface area contributed by atoms with Crippen molar-refractivity contribution in [2.45, 2.75) is 13.1 Å². The van der Waals surface area contributed by atoms with Crippen LogP contribution in [-0.2, 0) is 13.1 Å². The molecule has 0 spiro atoms. The fraction of sp³-hybridized carbons (Fsp3) is 0.158. The van der Waals surface area contributed by atoms with Gasteiger partial charge in [-0.25, -0.2) is 9.07 Å². The zero-order chi connectivity index (χ0) is 17.5. The minimum atomic E-state index is -0.238. The van der Waals surface area contributed by atoms with Crippen molar-refractivity contribution in [3.63, 3.8) is 0 Å². The fourth-order valence-electron chi connectivity index (χ4n) is 2.47. The van der Waals surface area contributed by atoms with E-state index in [1.165, 1.54) is 12.1 Å². The first-order chi connectivity index (χ1) is 12.2. The van der Waals surface area contributed by atoms with Crippen LogP contribution in [0.2, 0.25) is 0 Å². The average molecular weight is 337 g/mol. The molecule has 2 aromatic carbocycles. The van der Waals surface area contributed by atoms with Gasteiger partial charge < -0.3 is 10.6 Å². The molecule has 0 saturated carbocycles. The van der Waals surface area contributed by atoms with Gasteiger partial charge in [-0.05, 0) is 41.5 Å². The first kappa shape index (κ1) is 16.7. The molecule has 0 fully saturated rings. The van der Waals surface area contributed by atoms with E-state index in [1.54, 1.807) is 19.3 Å². The molecule has 5 nitrogen and oxygen atoms in total. The maximum atomic E-state index is 13.2. The molecule has 0 radical (unpaired) electrons. The Hall–Kier alpha value is -3.15. The Labute approximate surface area is 146 Å². The third-order valence-corrected chi connectivity index (χ3v) is 3.71. The number of benzene rings is 2. The molecule has 3 aromatic rings.